The van der Waals surface area contributed by atoms with Crippen molar-refractivity contribution in [1.29, 1.82) is 0 Å². The standard InChI is InChI=1S/C19H18N4O9/c24-17-9-20(18(25)31-11-13-1-5-15(6-2-13)22(27)28)21(10-17)19(26)32-12-14-3-7-16(8-4-14)23(29)30/h1-8,17,24H,9-12H2. The average Bonchev–Trinajstić information content (AvgIpc) is 3.18. The Hall–Kier alpha value is -4.26. The molecule has 0 radical (unpaired) electrons. The fourth-order valence-electron chi connectivity index (χ4n) is 2.87. The lowest BCUT2D eigenvalue weighted by molar-refractivity contribution is -0.385. The zero-order valence-electron chi connectivity index (χ0n) is 16.5. The molecule has 13 heteroatoms. The molecule has 0 unspecified atom stereocenters. The van der Waals surface area contributed by atoms with Gasteiger partial charge in [0.1, 0.15) is 13.2 Å². The van der Waals surface area contributed by atoms with Crippen LogP contribution in [0.4, 0.5) is 21.0 Å². The number of aliphatic hydroxyl groups excluding tert-OH is 1. The zero-order chi connectivity index (χ0) is 23.3. The van der Waals surface area contributed by atoms with Crippen molar-refractivity contribution in [2.75, 3.05) is 13.1 Å². The maximum atomic E-state index is 12.4. The van der Waals surface area contributed by atoms with Gasteiger partial charge in [0, 0.05) is 24.3 Å². The van der Waals surface area contributed by atoms with Gasteiger partial charge < -0.3 is 14.6 Å². The van der Waals surface area contributed by atoms with Gasteiger partial charge in [0.25, 0.3) is 11.4 Å². The number of aliphatic hydroxyl groups is 1. The van der Waals surface area contributed by atoms with Crippen molar-refractivity contribution in [1.82, 2.24) is 10.0 Å². The first kappa shape index (κ1) is 22.4. The first-order chi connectivity index (χ1) is 15.2. The number of hydrogen-bond donors (Lipinski definition) is 1. The minimum atomic E-state index is -1.01. The molecule has 0 aliphatic carbocycles. The van der Waals surface area contributed by atoms with Crippen LogP contribution < -0.4 is 0 Å². The van der Waals surface area contributed by atoms with Crippen LogP contribution in [0, 0.1) is 20.2 Å². The number of nitro benzene ring substituents is 2. The van der Waals surface area contributed by atoms with Gasteiger partial charge in [-0.1, -0.05) is 0 Å². The van der Waals surface area contributed by atoms with Gasteiger partial charge in [0.2, 0.25) is 0 Å². The second-order valence-electron chi connectivity index (χ2n) is 6.77. The second-order valence-corrected chi connectivity index (χ2v) is 6.77. The largest absolute Gasteiger partial charge is 0.443 e. The van der Waals surface area contributed by atoms with Crippen LogP contribution in [0.5, 0.6) is 0 Å². The molecule has 1 saturated heterocycles. The molecule has 1 aliphatic heterocycles. The fourth-order valence-corrected chi connectivity index (χ4v) is 2.87. The average molecular weight is 446 g/mol. The third-order valence-electron chi connectivity index (χ3n) is 4.50. The number of carbonyl (C=O) groups excluding carboxylic acids is 2. The van der Waals surface area contributed by atoms with E-state index < -0.39 is 28.1 Å². The van der Waals surface area contributed by atoms with Crippen molar-refractivity contribution >= 4 is 23.6 Å². The highest BCUT2D eigenvalue weighted by molar-refractivity contribution is 5.75. The molecule has 1 heterocycles. The van der Waals surface area contributed by atoms with Gasteiger partial charge in [-0.2, -0.15) is 0 Å². The summed E-state index contributed by atoms with van der Waals surface area (Å²) in [5.74, 6) is 0. The molecule has 2 aromatic carbocycles. The molecule has 1 N–H and O–H groups in total. The number of hydrogen-bond acceptors (Lipinski definition) is 9. The Kier molecular flexibility index (Phi) is 6.80. The lowest BCUT2D eigenvalue weighted by atomic mass is 10.2. The van der Waals surface area contributed by atoms with E-state index in [-0.39, 0.29) is 37.7 Å². The summed E-state index contributed by atoms with van der Waals surface area (Å²) in [5.41, 5.74) is 0.779. The van der Waals surface area contributed by atoms with Crippen LogP contribution in [0.3, 0.4) is 0 Å². The van der Waals surface area contributed by atoms with Crippen LogP contribution in [0.1, 0.15) is 11.1 Å². The molecule has 0 aromatic heterocycles. The maximum absolute atomic E-state index is 12.4. The van der Waals surface area contributed by atoms with E-state index in [1.165, 1.54) is 48.5 Å². The Morgan fingerprint density at radius 3 is 1.47 bits per heavy atom. The second kappa shape index (κ2) is 9.70. The molecule has 0 saturated carbocycles. The highest BCUT2D eigenvalue weighted by Gasteiger charge is 2.38. The van der Waals surface area contributed by atoms with Crippen molar-refractivity contribution in [3.63, 3.8) is 0 Å². The number of hydrazine groups is 1. The number of benzene rings is 2. The summed E-state index contributed by atoms with van der Waals surface area (Å²) >= 11 is 0. The van der Waals surface area contributed by atoms with Crippen LogP contribution in [0.25, 0.3) is 0 Å². The first-order valence-electron chi connectivity index (χ1n) is 9.28. The van der Waals surface area contributed by atoms with Gasteiger partial charge in [0.15, 0.2) is 0 Å². The molecule has 32 heavy (non-hydrogen) atoms. The molecule has 168 valence electrons. The highest BCUT2D eigenvalue weighted by atomic mass is 16.6. The van der Waals surface area contributed by atoms with Crippen molar-refractivity contribution in [2.24, 2.45) is 0 Å². The van der Waals surface area contributed by atoms with Gasteiger partial charge in [-0.3, -0.25) is 20.2 Å². The number of nitrogens with zero attached hydrogens (tertiary/aromatic N) is 4. The van der Waals surface area contributed by atoms with Gasteiger partial charge in [-0.25, -0.2) is 19.6 Å². The van der Waals surface area contributed by atoms with Crippen LogP contribution in [-0.2, 0) is 22.7 Å². The number of ether oxygens (including phenoxy) is 2. The Morgan fingerprint density at radius 1 is 0.812 bits per heavy atom. The topological polar surface area (TPSA) is 166 Å². The smallest absolute Gasteiger partial charge is 0.429 e. The molecule has 1 fully saturated rings. The van der Waals surface area contributed by atoms with E-state index in [0.717, 1.165) is 10.0 Å². The van der Waals surface area contributed by atoms with E-state index in [1.807, 2.05) is 0 Å². The predicted molar refractivity (Wildman–Crippen MR) is 106 cm³/mol. The van der Waals surface area contributed by atoms with E-state index in [9.17, 15) is 34.9 Å². The van der Waals surface area contributed by atoms with Crippen LogP contribution in [0.15, 0.2) is 48.5 Å². The van der Waals surface area contributed by atoms with Crippen LogP contribution in [0.2, 0.25) is 0 Å². The zero-order valence-corrected chi connectivity index (χ0v) is 16.5. The van der Waals surface area contributed by atoms with E-state index in [1.54, 1.807) is 0 Å². The van der Waals surface area contributed by atoms with Crippen LogP contribution in [-0.4, -0.2) is 56.4 Å². The lowest BCUT2D eigenvalue weighted by Gasteiger charge is -2.25. The van der Waals surface area contributed by atoms with Crippen molar-refractivity contribution < 1.29 is 34.0 Å². The first-order valence-corrected chi connectivity index (χ1v) is 9.28. The Labute approximate surface area is 180 Å². The van der Waals surface area contributed by atoms with E-state index in [4.69, 9.17) is 9.47 Å². The predicted octanol–water partition coefficient (Wildman–Crippen LogP) is 2.37. The maximum Gasteiger partial charge on any atom is 0.429 e. The van der Waals surface area contributed by atoms with Crippen molar-refractivity contribution in [3.8, 4) is 0 Å². The molecule has 13 nitrogen and oxygen atoms in total. The minimum Gasteiger partial charge on any atom is -0.443 e. The quantitative estimate of drug-likeness (QED) is 0.518. The minimum absolute atomic E-state index is 0.107. The van der Waals surface area contributed by atoms with Gasteiger partial charge in [0.05, 0.1) is 29.0 Å². The molecular formula is C19H18N4O9. The summed E-state index contributed by atoms with van der Waals surface area (Å²) in [5, 5.41) is 33.0. The Bertz CT molecular complexity index is 929. The fraction of sp³-hybridized carbons (Fsp3) is 0.263. The van der Waals surface area contributed by atoms with E-state index in [2.05, 4.69) is 0 Å². The normalized spacial score (nSPS) is 13.7. The van der Waals surface area contributed by atoms with Crippen molar-refractivity contribution in [2.45, 2.75) is 19.3 Å². The molecule has 0 spiro atoms. The SMILES string of the molecule is O=C(OCc1ccc([N+](=O)[O-])cc1)N1CC(O)CN1C(=O)OCc1ccc([N+](=O)[O-])cc1. The van der Waals surface area contributed by atoms with Gasteiger partial charge in [-0.05, 0) is 35.4 Å². The van der Waals surface area contributed by atoms with E-state index in [0.29, 0.717) is 11.1 Å². The molecule has 2 aromatic rings. The van der Waals surface area contributed by atoms with Crippen molar-refractivity contribution in [3.05, 3.63) is 79.9 Å². The molecular weight excluding hydrogens is 428 g/mol. The van der Waals surface area contributed by atoms with E-state index >= 15 is 0 Å². The number of amides is 2. The summed E-state index contributed by atoms with van der Waals surface area (Å²) < 4.78 is 10.3. The summed E-state index contributed by atoms with van der Waals surface area (Å²) in [6.45, 7) is -0.776. The third kappa shape index (κ3) is 5.46. The van der Waals surface area contributed by atoms with Gasteiger partial charge in [-0.15, -0.1) is 0 Å². The number of carbonyl (C=O) groups is 2. The summed E-state index contributed by atoms with van der Waals surface area (Å²) in [4.78, 5) is 45.1. The summed E-state index contributed by atoms with van der Waals surface area (Å²) in [7, 11) is 0. The number of β-amino-alcohol motifs (C(OH)–C–C–N with tert-alkyl or cyclic N) is 1. The monoisotopic (exact) mass is 446 g/mol. The number of rotatable bonds is 6. The lowest BCUT2D eigenvalue weighted by Crippen LogP contribution is -2.45. The van der Waals surface area contributed by atoms with Gasteiger partial charge >= 0.3 is 12.2 Å². The third-order valence-corrected chi connectivity index (χ3v) is 4.50. The van der Waals surface area contributed by atoms with Crippen LogP contribution >= 0.6 is 0 Å². The number of non-ortho nitro benzene ring substituents is 2. The molecule has 2 amide bonds. The Morgan fingerprint density at radius 2 is 1.16 bits per heavy atom. The molecule has 0 bridgehead atoms. The number of nitro groups is 2. The molecule has 3 rings (SSSR count). The highest BCUT2D eigenvalue weighted by Crippen LogP contribution is 2.18. The summed E-state index contributed by atoms with van der Waals surface area (Å²) in [6, 6.07) is 10.8. The Balaban J connectivity index is 1.55. The molecule has 1 aliphatic rings. The summed E-state index contributed by atoms with van der Waals surface area (Å²) in [6.07, 6.45) is -2.83. The molecule has 0 atom stereocenters.